The van der Waals surface area contributed by atoms with Gasteiger partial charge in [0.2, 0.25) is 0 Å². The van der Waals surface area contributed by atoms with Gasteiger partial charge in [0.15, 0.2) is 0 Å². The van der Waals surface area contributed by atoms with Crippen molar-refractivity contribution < 1.29 is 14.6 Å². The zero-order valence-electron chi connectivity index (χ0n) is 10.6. The normalized spacial score (nSPS) is 23.8. The first kappa shape index (κ1) is 13.4. The monoisotopic (exact) mass is 259 g/mol. The van der Waals surface area contributed by atoms with Crippen LogP contribution >= 0.6 is 0 Å². The molecule has 4 nitrogen and oxygen atoms in total. The number of cyclic esters (lactones) is 1. The van der Waals surface area contributed by atoms with Gasteiger partial charge in [-0.2, -0.15) is 0 Å². The molecule has 100 valence electrons. The Morgan fingerprint density at radius 3 is 2.63 bits per heavy atom. The van der Waals surface area contributed by atoms with Gasteiger partial charge in [-0.05, 0) is 11.6 Å². The third-order valence-electron chi connectivity index (χ3n) is 3.19. The van der Waals surface area contributed by atoms with E-state index in [-0.39, 0.29) is 0 Å². The Hall–Kier alpha value is -2.07. The van der Waals surface area contributed by atoms with Crippen LogP contribution < -0.4 is 0 Å². The van der Waals surface area contributed by atoms with Gasteiger partial charge in [0.1, 0.15) is 12.1 Å². The minimum atomic E-state index is -0.849. The van der Waals surface area contributed by atoms with E-state index < -0.39 is 24.3 Å². The number of carbonyl (C=O) groups is 1. The van der Waals surface area contributed by atoms with Crippen molar-refractivity contribution in [3.05, 3.63) is 61.2 Å². The van der Waals surface area contributed by atoms with Gasteiger partial charge in [0.25, 0.3) is 0 Å². The van der Waals surface area contributed by atoms with E-state index in [9.17, 15) is 9.90 Å². The lowest BCUT2D eigenvalue weighted by Gasteiger charge is -2.26. The molecule has 0 saturated carbocycles. The van der Waals surface area contributed by atoms with Gasteiger partial charge in [0, 0.05) is 6.54 Å². The molecular weight excluding hydrogens is 242 g/mol. The first-order chi connectivity index (χ1) is 9.17. The SMILES string of the molecule is C=C[C@@H](O)[C@H]1[C@@H](C=C)OC(=O)N1Cc1ccccc1. The number of aliphatic hydroxyl groups is 1. The maximum absolute atomic E-state index is 11.9. The van der Waals surface area contributed by atoms with Crippen molar-refractivity contribution in [2.24, 2.45) is 0 Å². The lowest BCUT2D eigenvalue weighted by atomic mass is 10.0. The number of hydrogen-bond acceptors (Lipinski definition) is 3. The molecule has 1 heterocycles. The van der Waals surface area contributed by atoms with Gasteiger partial charge >= 0.3 is 6.09 Å². The highest BCUT2D eigenvalue weighted by Crippen LogP contribution is 2.25. The minimum Gasteiger partial charge on any atom is -0.440 e. The van der Waals surface area contributed by atoms with Crippen molar-refractivity contribution in [2.75, 3.05) is 0 Å². The summed E-state index contributed by atoms with van der Waals surface area (Å²) in [4.78, 5) is 13.4. The van der Waals surface area contributed by atoms with E-state index in [1.165, 1.54) is 17.1 Å². The van der Waals surface area contributed by atoms with E-state index in [4.69, 9.17) is 4.74 Å². The number of amides is 1. The highest BCUT2D eigenvalue weighted by molar-refractivity contribution is 5.71. The molecule has 0 unspecified atom stereocenters. The smallest absolute Gasteiger partial charge is 0.411 e. The average molecular weight is 259 g/mol. The van der Waals surface area contributed by atoms with Crippen LogP contribution in [-0.4, -0.2) is 34.3 Å². The topological polar surface area (TPSA) is 49.8 Å². The maximum Gasteiger partial charge on any atom is 0.411 e. The Kier molecular flexibility index (Phi) is 4.02. The van der Waals surface area contributed by atoms with Crippen LogP contribution in [0, 0.1) is 0 Å². The quantitative estimate of drug-likeness (QED) is 0.824. The van der Waals surface area contributed by atoms with Crippen LogP contribution in [0.25, 0.3) is 0 Å². The average Bonchev–Trinajstić information content (AvgIpc) is 2.76. The second-order valence-corrected chi connectivity index (χ2v) is 4.41. The molecule has 19 heavy (non-hydrogen) atoms. The minimum absolute atomic E-state index is 0.388. The lowest BCUT2D eigenvalue weighted by molar-refractivity contribution is 0.102. The zero-order chi connectivity index (χ0) is 13.8. The zero-order valence-corrected chi connectivity index (χ0v) is 10.6. The van der Waals surface area contributed by atoms with Crippen LogP contribution in [0.3, 0.4) is 0 Å². The van der Waals surface area contributed by atoms with Crippen LogP contribution in [0.4, 0.5) is 4.79 Å². The van der Waals surface area contributed by atoms with Crippen molar-refractivity contribution in [3.8, 4) is 0 Å². The molecule has 0 bridgehead atoms. The predicted octanol–water partition coefficient (Wildman–Crippen LogP) is 2.11. The Morgan fingerprint density at radius 2 is 2.05 bits per heavy atom. The van der Waals surface area contributed by atoms with Crippen molar-refractivity contribution in [1.29, 1.82) is 0 Å². The highest BCUT2D eigenvalue weighted by Gasteiger charge is 2.43. The molecule has 2 rings (SSSR count). The molecule has 4 heteroatoms. The van der Waals surface area contributed by atoms with Crippen molar-refractivity contribution in [2.45, 2.75) is 24.8 Å². The number of hydrogen-bond donors (Lipinski definition) is 1. The summed E-state index contributed by atoms with van der Waals surface area (Å²) in [7, 11) is 0. The van der Waals surface area contributed by atoms with Crippen LogP contribution in [-0.2, 0) is 11.3 Å². The van der Waals surface area contributed by atoms with Crippen molar-refractivity contribution in [1.82, 2.24) is 4.90 Å². The second-order valence-electron chi connectivity index (χ2n) is 4.41. The van der Waals surface area contributed by atoms with Gasteiger partial charge in [0.05, 0.1) is 6.10 Å². The molecule has 1 fully saturated rings. The van der Waals surface area contributed by atoms with E-state index in [1.807, 2.05) is 30.3 Å². The maximum atomic E-state index is 11.9. The van der Waals surface area contributed by atoms with Gasteiger partial charge < -0.3 is 9.84 Å². The summed E-state index contributed by atoms with van der Waals surface area (Å²) in [5.74, 6) is 0. The van der Waals surface area contributed by atoms with Gasteiger partial charge in [-0.3, -0.25) is 4.90 Å². The molecular formula is C15H17NO3. The van der Waals surface area contributed by atoms with Crippen molar-refractivity contribution in [3.63, 3.8) is 0 Å². The Labute approximate surface area is 112 Å². The fourth-order valence-electron chi connectivity index (χ4n) is 2.21. The summed E-state index contributed by atoms with van der Waals surface area (Å²) in [5, 5.41) is 9.99. The van der Waals surface area contributed by atoms with Crippen molar-refractivity contribution >= 4 is 6.09 Å². The highest BCUT2D eigenvalue weighted by atomic mass is 16.6. The molecule has 0 aromatic heterocycles. The molecule has 1 aliphatic rings. The third kappa shape index (κ3) is 2.69. The predicted molar refractivity (Wildman–Crippen MR) is 72.4 cm³/mol. The van der Waals surface area contributed by atoms with E-state index in [0.29, 0.717) is 6.54 Å². The molecule has 1 saturated heterocycles. The largest absolute Gasteiger partial charge is 0.440 e. The van der Waals surface area contributed by atoms with E-state index >= 15 is 0 Å². The second kappa shape index (κ2) is 5.71. The van der Waals surface area contributed by atoms with Crippen LogP contribution in [0.15, 0.2) is 55.6 Å². The lowest BCUT2D eigenvalue weighted by Crippen LogP contribution is -2.43. The Bertz CT molecular complexity index is 472. The van der Waals surface area contributed by atoms with Crippen LogP contribution in [0.1, 0.15) is 5.56 Å². The molecule has 0 aliphatic carbocycles. The molecule has 1 amide bonds. The number of carbonyl (C=O) groups excluding carboxylic acids is 1. The van der Waals surface area contributed by atoms with E-state index in [0.717, 1.165) is 5.56 Å². The molecule has 1 aromatic carbocycles. The summed E-state index contributed by atoms with van der Waals surface area (Å²) in [6, 6.07) is 9.08. The van der Waals surface area contributed by atoms with Crippen LogP contribution in [0.2, 0.25) is 0 Å². The Balaban J connectivity index is 2.23. The summed E-state index contributed by atoms with van der Waals surface area (Å²) in [5.41, 5.74) is 0.977. The number of nitrogens with zero attached hydrogens (tertiary/aromatic N) is 1. The van der Waals surface area contributed by atoms with E-state index in [2.05, 4.69) is 13.2 Å². The van der Waals surface area contributed by atoms with Gasteiger partial charge in [-0.1, -0.05) is 43.0 Å². The third-order valence-corrected chi connectivity index (χ3v) is 3.19. The summed E-state index contributed by atoms with van der Waals surface area (Å²) in [6.45, 7) is 7.59. The molecule has 3 atom stereocenters. The molecule has 0 radical (unpaired) electrons. The molecule has 1 aromatic rings. The fraction of sp³-hybridized carbons (Fsp3) is 0.267. The first-order valence-corrected chi connectivity index (χ1v) is 6.11. The number of rotatable bonds is 5. The molecule has 1 aliphatic heterocycles. The number of benzene rings is 1. The Morgan fingerprint density at radius 1 is 1.37 bits per heavy atom. The molecule has 0 spiro atoms. The first-order valence-electron chi connectivity index (χ1n) is 6.11. The number of aliphatic hydroxyl groups excluding tert-OH is 1. The summed E-state index contributed by atoms with van der Waals surface area (Å²) < 4.78 is 5.19. The fourth-order valence-corrected chi connectivity index (χ4v) is 2.21. The number of ether oxygens (including phenoxy) is 1. The van der Waals surface area contributed by atoms with Crippen LogP contribution in [0.5, 0.6) is 0 Å². The standard InChI is InChI=1S/C15H17NO3/c1-3-12(17)14-13(4-2)19-15(18)16(14)10-11-8-6-5-7-9-11/h3-9,12-14,17H,1-2,10H2/t12-,13-,14+/m1/s1. The van der Waals surface area contributed by atoms with E-state index in [1.54, 1.807) is 0 Å². The summed E-state index contributed by atoms with van der Waals surface area (Å²) >= 11 is 0. The molecule has 1 N–H and O–H groups in total. The van der Waals surface area contributed by atoms with Gasteiger partial charge in [-0.25, -0.2) is 4.79 Å². The summed E-state index contributed by atoms with van der Waals surface area (Å²) in [6.07, 6.45) is 1.11. The van der Waals surface area contributed by atoms with Gasteiger partial charge in [-0.15, -0.1) is 6.58 Å².